The summed E-state index contributed by atoms with van der Waals surface area (Å²) in [5.74, 6) is 2.54. The Kier molecular flexibility index (Phi) is 3.06. The van der Waals surface area contributed by atoms with Crippen molar-refractivity contribution in [1.82, 2.24) is 9.97 Å². The van der Waals surface area contributed by atoms with Gasteiger partial charge in [-0.1, -0.05) is 6.07 Å². The SMILES string of the molecule is Cc1nc2ccc(Oc3cccc(N(C)C)c3)cc2[nH]1. The Morgan fingerprint density at radius 2 is 1.85 bits per heavy atom. The van der Waals surface area contributed by atoms with Crippen LogP contribution in [0.3, 0.4) is 0 Å². The number of ether oxygens (including phenoxy) is 1. The molecule has 0 fully saturated rings. The maximum atomic E-state index is 5.91. The summed E-state index contributed by atoms with van der Waals surface area (Å²) < 4.78 is 5.91. The van der Waals surface area contributed by atoms with Gasteiger partial charge in [-0.3, -0.25) is 0 Å². The Bertz CT molecular complexity index is 746. The minimum absolute atomic E-state index is 0.803. The molecule has 20 heavy (non-hydrogen) atoms. The van der Waals surface area contributed by atoms with Crippen molar-refractivity contribution < 1.29 is 4.74 Å². The van der Waals surface area contributed by atoms with Crippen molar-refractivity contribution >= 4 is 16.7 Å². The molecule has 4 heteroatoms. The van der Waals surface area contributed by atoms with Crippen LogP contribution in [0.1, 0.15) is 5.82 Å². The minimum atomic E-state index is 0.803. The lowest BCUT2D eigenvalue weighted by atomic mass is 10.2. The van der Waals surface area contributed by atoms with Crippen molar-refractivity contribution in [2.24, 2.45) is 0 Å². The maximum Gasteiger partial charge on any atom is 0.129 e. The number of aromatic amines is 1. The Morgan fingerprint density at radius 1 is 1.05 bits per heavy atom. The van der Waals surface area contributed by atoms with E-state index >= 15 is 0 Å². The highest BCUT2D eigenvalue weighted by molar-refractivity contribution is 5.76. The van der Waals surface area contributed by atoms with Gasteiger partial charge in [0.1, 0.15) is 17.3 Å². The average molecular weight is 267 g/mol. The lowest BCUT2D eigenvalue weighted by Crippen LogP contribution is -2.08. The second-order valence-electron chi connectivity index (χ2n) is 5.00. The fraction of sp³-hybridized carbons (Fsp3) is 0.188. The molecule has 0 aliphatic heterocycles. The molecule has 0 amide bonds. The summed E-state index contributed by atoms with van der Waals surface area (Å²) in [4.78, 5) is 9.65. The molecule has 0 aliphatic rings. The van der Waals surface area contributed by atoms with E-state index in [-0.39, 0.29) is 0 Å². The van der Waals surface area contributed by atoms with Gasteiger partial charge in [0.2, 0.25) is 0 Å². The Balaban J connectivity index is 1.90. The molecule has 1 N–H and O–H groups in total. The van der Waals surface area contributed by atoms with E-state index in [0.717, 1.165) is 34.0 Å². The minimum Gasteiger partial charge on any atom is -0.457 e. The standard InChI is InChI=1S/C16H17N3O/c1-11-17-15-8-7-14(10-16(15)18-11)20-13-6-4-5-12(9-13)19(2)3/h4-10H,1-3H3,(H,17,18). The first-order valence-electron chi connectivity index (χ1n) is 6.53. The zero-order valence-electron chi connectivity index (χ0n) is 11.8. The molecule has 102 valence electrons. The molecule has 0 atom stereocenters. The Labute approximate surface area is 118 Å². The monoisotopic (exact) mass is 267 g/mol. The number of aromatic nitrogens is 2. The van der Waals surface area contributed by atoms with Crippen LogP contribution in [-0.4, -0.2) is 24.1 Å². The number of benzene rings is 2. The number of rotatable bonds is 3. The topological polar surface area (TPSA) is 41.1 Å². The summed E-state index contributed by atoms with van der Waals surface area (Å²) in [7, 11) is 4.02. The Hall–Kier alpha value is -2.49. The molecular formula is C16H17N3O. The molecule has 4 nitrogen and oxygen atoms in total. The van der Waals surface area contributed by atoms with Gasteiger partial charge >= 0.3 is 0 Å². The van der Waals surface area contributed by atoms with Crippen molar-refractivity contribution in [2.75, 3.05) is 19.0 Å². The van der Waals surface area contributed by atoms with Gasteiger partial charge in [-0.15, -0.1) is 0 Å². The maximum absolute atomic E-state index is 5.91. The number of H-pyrrole nitrogens is 1. The van der Waals surface area contributed by atoms with E-state index in [0.29, 0.717) is 0 Å². The molecular weight excluding hydrogens is 250 g/mol. The number of nitrogens with zero attached hydrogens (tertiary/aromatic N) is 2. The van der Waals surface area contributed by atoms with Gasteiger partial charge in [-0.05, 0) is 31.2 Å². The van der Waals surface area contributed by atoms with Gasteiger partial charge < -0.3 is 14.6 Å². The summed E-state index contributed by atoms with van der Waals surface area (Å²) in [6, 6.07) is 13.9. The van der Waals surface area contributed by atoms with Crippen LogP contribution in [0.5, 0.6) is 11.5 Å². The molecule has 1 aromatic heterocycles. The van der Waals surface area contributed by atoms with Crippen LogP contribution >= 0.6 is 0 Å². The van der Waals surface area contributed by atoms with E-state index in [1.807, 2.05) is 68.4 Å². The van der Waals surface area contributed by atoms with Crippen LogP contribution in [0, 0.1) is 6.92 Å². The fourth-order valence-corrected chi connectivity index (χ4v) is 2.14. The van der Waals surface area contributed by atoms with Crippen LogP contribution in [0.4, 0.5) is 5.69 Å². The molecule has 0 radical (unpaired) electrons. The van der Waals surface area contributed by atoms with Gasteiger partial charge in [0.05, 0.1) is 11.0 Å². The van der Waals surface area contributed by atoms with Crippen LogP contribution < -0.4 is 9.64 Å². The average Bonchev–Trinajstić information content (AvgIpc) is 2.78. The van der Waals surface area contributed by atoms with Crippen molar-refractivity contribution in [2.45, 2.75) is 6.92 Å². The van der Waals surface area contributed by atoms with E-state index in [1.165, 1.54) is 0 Å². The first kappa shape index (κ1) is 12.5. The Morgan fingerprint density at radius 3 is 2.65 bits per heavy atom. The predicted octanol–water partition coefficient (Wildman–Crippen LogP) is 3.73. The number of hydrogen-bond donors (Lipinski definition) is 1. The lowest BCUT2D eigenvalue weighted by molar-refractivity contribution is 0.483. The number of anilines is 1. The van der Waals surface area contributed by atoms with Crippen LogP contribution in [0.15, 0.2) is 42.5 Å². The van der Waals surface area contributed by atoms with Gasteiger partial charge in [-0.2, -0.15) is 0 Å². The summed E-state index contributed by atoms with van der Waals surface area (Å²) in [5.41, 5.74) is 3.06. The van der Waals surface area contributed by atoms with Crippen LogP contribution in [0.2, 0.25) is 0 Å². The van der Waals surface area contributed by atoms with Crippen molar-refractivity contribution in [3.63, 3.8) is 0 Å². The predicted molar refractivity (Wildman–Crippen MR) is 81.7 cm³/mol. The van der Waals surface area contributed by atoms with Gasteiger partial charge in [0.25, 0.3) is 0 Å². The molecule has 0 bridgehead atoms. The molecule has 0 aliphatic carbocycles. The first-order chi connectivity index (χ1) is 9.61. The van der Waals surface area contributed by atoms with Crippen LogP contribution in [-0.2, 0) is 0 Å². The molecule has 0 spiro atoms. The van der Waals surface area contributed by atoms with E-state index in [9.17, 15) is 0 Å². The van der Waals surface area contributed by atoms with Gasteiger partial charge in [0, 0.05) is 31.9 Å². The highest BCUT2D eigenvalue weighted by Crippen LogP contribution is 2.27. The summed E-state index contributed by atoms with van der Waals surface area (Å²) >= 11 is 0. The smallest absolute Gasteiger partial charge is 0.129 e. The lowest BCUT2D eigenvalue weighted by Gasteiger charge is -2.13. The largest absolute Gasteiger partial charge is 0.457 e. The summed E-state index contributed by atoms with van der Waals surface area (Å²) in [5, 5.41) is 0. The van der Waals surface area contributed by atoms with Crippen LogP contribution in [0.25, 0.3) is 11.0 Å². The molecule has 0 unspecified atom stereocenters. The van der Waals surface area contributed by atoms with Gasteiger partial charge in [0.15, 0.2) is 0 Å². The molecule has 3 rings (SSSR count). The van der Waals surface area contributed by atoms with Crippen molar-refractivity contribution in [1.29, 1.82) is 0 Å². The highest BCUT2D eigenvalue weighted by Gasteiger charge is 2.04. The number of imidazole rings is 1. The van der Waals surface area contributed by atoms with E-state index in [1.54, 1.807) is 0 Å². The van der Waals surface area contributed by atoms with E-state index in [4.69, 9.17) is 4.74 Å². The second-order valence-corrected chi connectivity index (χ2v) is 5.00. The first-order valence-corrected chi connectivity index (χ1v) is 6.53. The molecule has 2 aromatic carbocycles. The number of nitrogens with one attached hydrogen (secondary N) is 1. The van der Waals surface area contributed by atoms with E-state index in [2.05, 4.69) is 9.97 Å². The fourth-order valence-electron chi connectivity index (χ4n) is 2.14. The third-order valence-electron chi connectivity index (χ3n) is 3.14. The molecule has 0 saturated heterocycles. The molecule has 1 heterocycles. The highest BCUT2D eigenvalue weighted by atomic mass is 16.5. The molecule has 0 saturated carbocycles. The quantitative estimate of drug-likeness (QED) is 0.786. The normalized spacial score (nSPS) is 10.8. The zero-order chi connectivity index (χ0) is 14.1. The zero-order valence-corrected chi connectivity index (χ0v) is 11.8. The third-order valence-corrected chi connectivity index (χ3v) is 3.14. The third kappa shape index (κ3) is 2.45. The summed E-state index contributed by atoms with van der Waals surface area (Å²) in [6.45, 7) is 1.95. The second kappa shape index (κ2) is 4.89. The summed E-state index contributed by atoms with van der Waals surface area (Å²) in [6.07, 6.45) is 0. The van der Waals surface area contributed by atoms with Crippen molar-refractivity contribution in [3.8, 4) is 11.5 Å². The van der Waals surface area contributed by atoms with Gasteiger partial charge in [-0.25, -0.2) is 4.98 Å². The molecule has 3 aromatic rings. The van der Waals surface area contributed by atoms with E-state index < -0.39 is 0 Å². The number of aryl methyl sites for hydroxylation is 1. The number of fused-ring (bicyclic) bond motifs is 1. The number of hydrogen-bond acceptors (Lipinski definition) is 3. The van der Waals surface area contributed by atoms with Crippen molar-refractivity contribution in [3.05, 3.63) is 48.3 Å².